The van der Waals surface area contributed by atoms with Crippen LogP contribution in [0.2, 0.25) is 0 Å². The van der Waals surface area contributed by atoms with Crippen LogP contribution in [0, 0.1) is 5.41 Å². The molecule has 2 atom stereocenters. The monoisotopic (exact) mass is 171 g/mol. The van der Waals surface area contributed by atoms with E-state index >= 15 is 0 Å². The minimum atomic E-state index is 0.668. The second kappa shape index (κ2) is 2.67. The van der Waals surface area contributed by atoms with E-state index in [1.165, 1.54) is 24.3 Å². The van der Waals surface area contributed by atoms with Gasteiger partial charge in [-0.2, -0.15) is 11.8 Å². The first-order valence-electron chi connectivity index (χ1n) is 4.54. The second-order valence-electron chi connectivity index (χ2n) is 4.31. The lowest BCUT2D eigenvalue weighted by Crippen LogP contribution is -2.48. The predicted molar refractivity (Wildman–Crippen MR) is 51.1 cm³/mol. The van der Waals surface area contributed by atoms with E-state index in [9.17, 15) is 0 Å². The highest BCUT2D eigenvalue weighted by atomic mass is 32.2. The molecule has 1 saturated heterocycles. The Morgan fingerprint density at radius 1 is 1.36 bits per heavy atom. The Morgan fingerprint density at radius 2 is 2.09 bits per heavy atom. The molecule has 11 heavy (non-hydrogen) atoms. The van der Waals surface area contributed by atoms with Gasteiger partial charge < -0.3 is 5.32 Å². The summed E-state index contributed by atoms with van der Waals surface area (Å²) in [6.45, 7) is 4.72. The third kappa shape index (κ3) is 1.57. The summed E-state index contributed by atoms with van der Waals surface area (Å²) in [5, 5.41) is 3.70. The molecule has 1 nitrogen and oxygen atoms in total. The zero-order valence-electron chi connectivity index (χ0n) is 7.39. The lowest BCUT2D eigenvalue weighted by Gasteiger charge is -2.32. The topological polar surface area (TPSA) is 12.0 Å². The first-order valence-corrected chi connectivity index (χ1v) is 5.70. The SMILES string of the molecule is CC1CSCC(C2(C)CC2)N1. The second-order valence-corrected chi connectivity index (χ2v) is 5.39. The highest BCUT2D eigenvalue weighted by Gasteiger charge is 2.45. The summed E-state index contributed by atoms with van der Waals surface area (Å²) in [4.78, 5) is 0. The number of rotatable bonds is 1. The minimum Gasteiger partial charge on any atom is -0.309 e. The Kier molecular flexibility index (Phi) is 1.92. The molecular formula is C9H17NS. The summed E-state index contributed by atoms with van der Waals surface area (Å²) in [5.74, 6) is 2.63. The van der Waals surface area contributed by atoms with Crippen LogP contribution in [0.25, 0.3) is 0 Å². The van der Waals surface area contributed by atoms with Crippen LogP contribution in [0.4, 0.5) is 0 Å². The van der Waals surface area contributed by atoms with E-state index in [4.69, 9.17) is 0 Å². The van der Waals surface area contributed by atoms with E-state index in [2.05, 4.69) is 30.9 Å². The van der Waals surface area contributed by atoms with Crippen LogP contribution in [0.15, 0.2) is 0 Å². The number of hydrogen-bond donors (Lipinski definition) is 1. The predicted octanol–water partition coefficient (Wildman–Crippen LogP) is 1.88. The highest BCUT2D eigenvalue weighted by molar-refractivity contribution is 7.99. The van der Waals surface area contributed by atoms with Gasteiger partial charge in [-0.3, -0.25) is 0 Å². The van der Waals surface area contributed by atoms with Crippen LogP contribution >= 0.6 is 11.8 Å². The molecule has 2 fully saturated rings. The van der Waals surface area contributed by atoms with Crippen LogP contribution in [0.5, 0.6) is 0 Å². The molecule has 2 aliphatic rings. The average Bonchev–Trinajstić information content (AvgIpc) is 2.70. The number of thioether (sulfide) groups is 1. The first kappa shape index (κ1) is 7.93. The van der Waals surface area contributed by atoms with Gasteiger partial charge in [-0.05, 0) is 25.2 Å². The summed E-state index contributed by atoms with van der Waals surface area (Å²) in [6.07, 6.45) is 2.88. The third-order valence-electron chi connectivity index (χ3n) is 3.02. The fraction of sp³-hybridized carbons (Fsp3) is 1.00. The van der Waals surface area contributed by atoms with Gasteiger partial charge in [0.25, 0.3) is 0 Å². The van der Waals surface area contributed by atoms with Crippen molar-refractivity contribution in [3.8, 4) is 0 Å². The van der Waals surface area contributed by atoms with Crippen molar-refractivity contribution in [3.63, 3.8) is 0 Å². The van der Waals surface area contributed by atoms with Crippen molar-refractivity contribution in [1.29, 1.82) is 0 Å². The molecule has 0 aromatic rings. The Bertz CT molecular complexity index is 154. The van der Waals surface area contributed by atoms with Crippen molar-refractivity contribution in [1.82, 2.24) is 5.32 Å². The molecular weight excluding hydrogens is 154 g/mol. The van der Waals surface area contributed by atoms with E-state index in [1.54, 1.807) is 0 Å². The van der Waals surface area contributed by atoms with Gasteiger partial charge in [-0.1, -0.05) is 6.92 Å². The Labute approximate surface area is 73.3 Å². The van der Waals surface area contributed by atoms with Crippen LogP contribution < -0.4 is 5.32 Å². The van der Waals surface area contributed by atoms with Gasteiger partial charge in [0.1, 0.15) is 0 Å². The van der Waals surface area contributed by atoms with Gasteiger partial charge >= 0.3 is 0 Å². The van der Waals surface area contributed by atoms with Gasteiger partial charge in [0.15, 0.2) is 0 Å². The summed E-state index contributed by atoms with van der Waals surface area (Å²) in [7, 11) is 0. The molecule has 0 aromatic carbocycles. The van der Waals surface area contributed by atoms with Crippen LogP contribution in [0.1, 0.15) is 26.7 Å². The normalized spacial score (nSPS) is 42.0. The van der Waals surface area contributed by atoms with E-state index in [0.29, 0.717) is 5.41 Å². The van der Waals surface area contributed by atoms with E-state index in [-0.39, 0.29) is 0 Å². The number of nitrogens with one attached hydrogen (secondary N) is 1. The van der Waals surface area contributed by atoms with Gasteiger partial charge in [0.2, 0.25) is 0 Å². The molecule has 0 amide bonds. The standard InChI is InChI=1S/C9H17NS/c1-7-5-11-6-8(10-7)9(2)3-4-9/h7-8,10H,3-6H2,1-2H3. The molecule has 2 unspecified atom stereocenters. The Balaban J connectivity index is 1.93. The zero-order valence-corrected chi connectivity index (χ0v) is 8.21. The van der Waals surface area contributed by atoms with Crippen LogP contribution in [-0.4, -0.2) is 23.6 Å². The molecule has 1 saturated carbocycles. The summed E-state index contributed by atoms with van der Waals surface area (Å²) in [5.41, 5.74) is 0.668. The minimum absolute atomic E-state index is 0.668. The van der Waals surface area contributed by atoms with E-state index in [0.717, 1.165) is 12.1 Å². The maximum Gasteiger partial charge on any atom is 0.0214 e. The fourth-order valence-corrected chi connectivity index (χ4v) is 3.07. The van der Waals surface area contributed by atoms with Crippen molar-refractivity contribution >= 4 is 11.8 Å². The van der Waals surface area contributed by atoms with Gasteiger partial charge in [0, 0.05) is 23.6 Å². The lowest BCUT2D eigenvalue weighted by atomic mass is 10.00. The number of hydrogen-bond acceptors (Lipinski definition) is 2. The maximum absolute atomic E-state index is 3.70. The lowest BCUT2D eigenvalue weighted by molar-refractivity contribution is 0.355. The van der Waals surface area contributed by atoms with Gasteiger partial charge in [-0.25, -0.2) is 0 Å². The van der Waals surface area contributed by atoms with Crippen molar-refractivity contribution in [2.45, 2.75) is 38.8 Å². The summed E-state index contributed by atoms with van der Waals surface area (Å²) >= 11 is 2.12. The van der Waals surface area contributed by atoms with Crippen LogP contribution in [-0.2, 0) is 0 Å². The molecule has 1 heterocycles. The molecule has 1 N–H and O–H groups in total. The van der Waals surface area contributed by atoms with E-state index < -0.39 is 0 Å². The van der Waals surface area contributed by atoms with Gasteiger partial charge in [-0.15, -0.1) is 0 Å². The Hall–Kier alpha value is 0.310. The molecule has 64 valence electrons. The highest BCUT2D eigenvalue weighted by Crippen LogP contribution is 2.49. The maximum atomic E-state index is 3.70. The smallest absolute Gasteiger partial charge is 0.0214 e. The molecule has 2 rings (SSSR count). The molecule has 2 heteroatoms. The van der Waals surface area contributed by atoms with Gasteiger partial charge in [0.05, 0.1) is 0 Å². The van der Waals surface area contributed by atoms with Crippen molar-refractivity contribution in [2.24, 2.45) is 5.41 Å². The van der Waals surface area contributed by atoms with Crippen molar-refractivity contribution < 1.29 is 0 Å². The average molecular weight is 171 g/mol. The molecule has 0 radical (unpaired) electrons. The molecule has 0 spiro atoms. The fourth-order valence-electron chi connectivity index (χ4n) is 1.75. The molecule has 1 aliphatic heterocycles. The summed E-state index contributed by atoms with van der Waals surface area (Å²) in [6, 6.07) is 1.53. The van der Waals surface area contributed by atoms with E-state index in [1.807, 2.05) is 0 Å². The molecule has 0 bridgehead atoms. The Morgan fingerprint density at radius 3 is 2.64 bits per heavy atom. The molecule has 1 aliphatic carbocycles. The third-order valence-corrected chi connectivity index (χ3v) is 4.32. The first-order chi connectivity index (χ1) is 5.21. The van der Waals surface area contributed by atoms with Crippen molar-refractivity contribution in [3.05, 3.63) is 0 Å². The quantitative estimate of drug-likeness (QED) is 0.646. The molecule has 0 aromatic heterocycles. The van der Waals surface area contributed by atoms with Crippen molar-refractivity contribution in [2.75, 3.05) is 11.5 Å². The van der Waals surface area contributed by atoms with Crippen LogP contribution in [0.3, 0.4) is 0 Å². The largest absolute Gasteiger partial charge is 0.309 e. The zero-order chi connectivity index (χ0) is 7.90. The summed E-state index contributed by atoms with van der Waals surface area (Å²) < 4.78 is 0.